The maximum absolute atomic E-state index is 12.3. The molecule has 3 rings (SSSR count). The summed E-state index contributed by atoms with van der Waals surface area (Å²) in [6, 6.07) is 0. The number of aryl methyl sites for hydroxylation is 2. The van der Waals surface area contributed by atoms with E-state index in [0.29, 0.717) is 28.1 Å². The highest BCUT2D eigenvalue weighted by atomic mass is 32.1. The molecule has 0 saturated carbocycles. The largest absolute Gasteiger partial charge is 0.283 e. The van der Waals surface area contributed by atoms with Crippen molar-refractivity contribution in [3.63, 3.8) is 0 Å². The predicted molar refractivity (Wildman–Crippen MR) is 69.3 cm³/mol. The van der Waals surface area contributed by atoms with Crippen molar-refractivity contribution in [1.29, 1.82) is 0 Å². The highest BCUT2D eigenvalue weighted by Gasteiger charge is 2.16. The Morgan fingerprint density at radius 1 is 1.33 bits per heavy atom. The van der Waals surface area contributed by atoms with Gasteiger partial charge in [0.2, 0.25) is 10.5 Å². The van der Waals surface area contributed by atoms with Crippen LogP contribution in [-0.2, 0) is 6.54 Å². The molecule has 18 heavy (non-hydrogen) atoms. The number of aromatic amines is 2. The van der Waals surface area contributed by atoms with Gasteiger partial charge in [-0.1, -0.05) is 6.92 Å². The van der Waals surface area contributed by atoms with Crippen molar-refractivity contribution < 1.29 is 0 Å². The highest BCUT2D eigenvalue weighted by molar-refractivity contribution is 7.71. The van der Waals surface area contributed by atoms with Gasteiger partial charge in [-0.25, -0.2) is 9.50 Å². The number of hydrogen-bond acceptors (Lipinski definition) is 4. The van der Waals surface area contributed by atoms with E-state index in [1.807, 2.05) is 13.8 Å². The molecule has 94 valence electrons. The molecule has 0 aliphatic heterocycles. The number of rotatable bonds is 2. The van der Waals surface area contributed by atoms with Crippen molar-refractivity contribution in [3.8, 4) is 0 Å². The predicted octanol–water partition coefficient (Wildman–Crippen LogP) is 1.15. The van der Waals surface area contributed by atoms with Crippen molar-refractivity contribution in [2.75, 3.05) is 0 Å². The van der Waals surface area contributed by atoms with Gasteiger partial charge in [-0.3, -0.25) is 14.5 Å². The number of aromatic nitrogens is 6. The van der Waals surface area contributed by atoms with Crippen LogP contribution in [0.3, 0.4) is 0 Å². The summed E-state index contributed by atoms with van der Waals surface area (Å²) in [5.41, 5.74) is 1.75. The van der Waals surface area contributed by atoms with Gasteiger partial charge in [-0.05, 0) is 25.6 Å². The van der Waals surface area contributed by atoms with Gasteiger partial charge in [0, 0.05) is 6.54 Å². The SMILES string of the molecule is CCCn1c(=O)c2n[nH]c(C)c2n2c(=S)[nH]nc12. The first-order valence-electron chi connectivity index (χ1n) is 5.69. The Morgan fingerprint density at radius 3 is 2.83 bits per heavy atom. The first kappa shape index (κ1) is 11.1. The highest BCUT2D eigenvalue weighted by Crippen LogP contribution is 2.14. The van der Waals surface area contributed by atoms with E-state index in [1.165, 1.54) is 0 Å². The molecule has 0 amide bonds. The number of fused-ring (bicyclic) bond motifs is 3. The Labute approximate surface area is 106 Å². The van der Waals surface area contributed by atoms with E-state index in [4.69, 9.17) is 12.2 Å². The molecule has 0 aliphatic carbocycles. The molecule has 0 saturated heterocycles. The Hall–Kier alpha value is -1.96. The topological polar surface area (TPSA) is 83.8 Å². The van der Waals surface area contributed by atoms with Crippen LogP contribution in [0.15, 0.2) is 4.79 Å². The Kier molecular flexibility index (Phi) is 2.34. The third-order valence-electron chi connectivity index (χ3n) is 2.93. The molecule has 3 aromatic rings. The summed E-state index contributed by atoms with van der Waals surface area (Å²) in [5, 5.41) is 13.7. The quantitative estimate of drug-likeness (QED) is 0.680. The lowest BCUT2D eigenvalue weighted by molar-refractivity contribution is 0.662. The minimum absolute atomic E-state index is 0.141. The van der Waals surface area contributed by atoms with Crippen LogP contribution in [-0.4, -0.2) is 29.4 Å². The van der Waals surface area contributed by atoms with Crippen LogP contribution in [0.4, 0.5) is 0 Å². The third kappa shape index (κ3) is 1.29. The van der Waals surface area contributed by atoms with E-state index in [-0.39, 0.29) is 5.56 Å². The van der Waals surface area contributed by atoms with Crippen LogP contribution >= 0.6 is 12.2 Å². The third-order valence-corrected chi connectivity index (χ3v) is 3.20. The first-order valence-corrected chi connectivity index (χ1v) is 6.10. The van der Waals surface area contributed by atoms with Crippen molar-refractivity contribution in [2.24, 2.45) is 0 Å². The summed E-state index contributed by atoms with van der Waals surface area (Å²) < 4.78 is 3.81. The summed E-state index contributed by atoms with van der Waals surface area (Å²) in [6.07, 6.45) is 0.837. The zero-order valence-electron chi connectivity index (χ0n) is 10.0. The van der Waals surface area contributed by atoms with Gasteiger partial charge in [-0.2, -0.15) is 5.10 Å². The molecule has 0 aromatic carbocycles. The van der Waals surface area contributed by atoms with Gasteiger partial charge >= 0.3 is 0 Å². The number of nitrogens with zero attached hydrogens (tertiary/aromatic N) is 4. The fourth-order valence-corrected chi connectivity index (χ4v) is 2.38. The van der Waals surface area contributed by atoms with E-state index < -0.39 is 0 Å². The summed E-state index contributed by atoms with van der Waals surface area (Å²) in [4.78, 5) is 12.3. The lowest BCUT2D eigenvalue weighted by Crippen LogP contribution is -2.23. The number of H-pyrrole nitrogens is 2. The van der Waals surface area contributed by atoms with Crippen LogP contribution in [0.1, 0.15) is 19.0 Å². The fourth-order valence-electron chi connectivity index (χ4n) is 2.16. The molecule has 3 heterocycles. The second-order valence-corrected chi connectivity index (χ2v) is 4.55. The number of hydrogen-bond donors (Lipinski definition) is 2. The summed E-state index contributed by atoms with van der Waals surface area (Å²) in [6.45, 7) is 4.45. The second-order valence-electron chi connectivity index (χ2n) is 4.17. The Bertz CT molecular complexity index is 851. The Balaban J connectivity index is 2.66. The van der Waals surface area contributed by atoms with Crippen molar-refractivity contribution in [1.82, 2.24) is 29.4 Å². The van der Waals surface area contributed by atoms with Gasteiger partial charge < -0.3 is 0 Å². The average Bonchev–Trinajstić information content (AvgIpc) is 2.89. The van der Waals surface area contributed by atoms with Crippen LogP contribution in [0.5, 0.6) is 0 Å². The van der Waals surface area contributed by atoms with Gasteiger partial charge in [0.15, 0.2) is 5.52 Å². The minimum Gasteiger partial charge on any atom is -0.280 e. The number of nitrogens with one attached hydrogen (secondary N) is 2. The van der Waals surface area contributed by atoms with Crippen molar-refractivity contribution in [3.05, 3.63) is 20.8 Å². The van der Waals surface area contributed by atoms with Gasteiger partial charge in [0.1, 0.15) is 5.52 Å². The monoisotopic (exact) mass is 264 g/mol. The molecule has 3 aromatic heterocycles. The van der Waals surface area contributed by atoms with Gasteiger partial charge in [0.05, 0.1) is 5.69 Å². The average molecular weight is 264 g/mol. The molecular formula is C10H12N6OS. The normalized spacial score (nSPS) is 11.7. The van der Waals surface area contributed by atoms with E-state index in [2.05, 4.69) is 20.4 Å². The maximum Gasteiger partial charge on any atom is 0.283 e. The Morgan fingerprint density at radius 2 is 2.11 bits per heavy atom. The molecule has 0 atom stereocenters. The summed E-state index contributed by atoms with van der Waals surface area (Å²) in [7, 11) is 0. The van der Waals surface area contributed by atoms with Crippen molar-refractivity contribution >= 4 is 29.0 Å². The summed E-state index contributed by atoms with van der Waals surface area (Å²) in [5.74, 6) is 0.531. The van der Waals surface area contributed by atoms with Crippen LogP contribution < -0.4 is 5.56 Å². The van der Waals surface area contributed by atoms with Crippen LogP contribution in [0.25, 0.3) is 16.8 Å². The molecule has 0 fully saturated rings. The van der Waals surface area contributed by atoms with E-state index in [9.17, 15) is 4.79 Å². The molecule has 0 aliphatic rings. The molecule has 2 N–H and O–H groups in total. The second kappa shape index (κ2) is 3.77. The van der Waals surface area contributed by atoms with E-state index in [1.54, 1.807) is 8.97 Å². The molecule has 0 spiro atoms. The first-order chi connectivity index (χ1) is 8.65. The lowest BCUT2D eigenvalue weighted by atomic mass is 10.3. The van der Waals surface area contributed by atoms with Gasteiger partial charge in [0.25, 0.3) is 5.56 Å². The molecule has 8 heteroatoms. The molecule has 0 bridgehead atoms. The van der Waals surface area contributed by atoms with E-state index in [0.717, 1.165) is 12.1 Å². The van der Waals surface area contributed by atoms with Crippen molar-refractivity contribution in [2.45, 2.75) is 26.8 Å². The zero-order valence-corrected chi connectivity index (χ0v) is 10.8. The smallest absolute Gasteiger partial charge is 0.280 e. The van der Waals surface area contributed by atoms with Gasteiger partial charge in [-0.15, -0.1) is 5.10 Å². The zero-order chi connectivity index (χ0) is 12.9. The molecule has 0 unspecified atom stereocenters. The minimum atomic E-state index is -0.141. The molecule has 7 nitrogen and oxygen atoms in total. The standard InChI is InChI=1S/C10H12N6OS/c1-3-4-15-8(17)6-7(5(2)11-12-6)16-9(15)13-14-10(16)18/h3-4H2,1-2H3,(H,11,12)(H,14,18). The summed E-state index contributed by atoms with van der Waals surface area (Å²) >= 11 is 5.22. The lowest BCUT2D eigenvalue weighted by Gasteiger charge is -2.05. The van der Waals surface area contributed by atoms with Crippen LogP contribution in [0.2, 0.25) is 0 Å². The van der Waals surface area contributed by atoms with E-state index >= 15 is 0 Å². The van der Waals surface area contributed by atoms with Crippen LogP contribution in [0, 0.1) is 11.7 Å². The molecule has 0 radical (unpaired) electrons. The fraction of sp³-hybridized carbons (Fsp3) is 0.400. The molecular weight excluding hydrogens is 252 g/mol. The maximum atomic E-state index is 12.3.